The van der Waals surface area contributed by atoms with Gasteiger partial charge < -0.3 is 4.74 Å². The lowest BCUT2D eigenvalue weighted by Gasteiger charge is -2.20. The topological polar surface area (TPSA) is 51.2 Å². The first-order chi connectivity index (χ1) is 7.28. The Morgan fingerprint density at radius 2 is 2.12 bits per heavy atom. The van der Waals surface area contributed by atoms with Crippen LogP contribution in [0, 0.1) is 6.92 Å². The van der Waals surface area contributed by atoms with Crippen LogP contribution in [0.15, 0.2) is 12.3 Å². The Kier molecular flexibility index (Phi) is 3.75. The first-order valence-electron chi connectivity index (χ1n) is 4.90. The van der Waals surface area contributed by atoms with Crippen molar-refractivity contribution in [3.05, 3.63) is 23.0 Å². The Balaban J connectivity index is 2.73. The van der Waals surface area contributed by atoms with Crippen molar-refractivity contribution in [3.63, 3.8) is 0 Å². The second-order valence-corrected chi connectivity index (χ2v) is 4.84. The third-order valence-electron chi connectivity index (χ3n) is 1.71. The number of anilines is 1. The molecule has 1 aromatic rings. The van der Waals surface area contributed by atoms with Gasteiger partial charge in [-0.3, -0.25) is 5.32 Å². The van der Waals surface area contributed by atoms with E-state index in [1.165, 1.54) is 0 Å². The number of carbonyl (C=O) groups excluding carboxylic acids is 1. The van der Waals surface area contributed by atoms with Crippen molar-refractivity contribution >= 4 is 23.4 Å². The largest absolute Gasteiger partial charge is 0.444 e. The molecular weight excluding hydrogens is 228 g/mol. The lowest BCUT2D eigenvalue weighted by atomic mass is 10.2. The van der Waals surface area contributed by atoms with Crippen molar-refractivity contribution in [2.24, 2.45) is 0 Å². The Labute approximate surface area is 100.0 Å². The molecule has 0 aliphatic carbocycles. The summed E-state index contributed by atoms with van der Waals surface area (Å²) in [5, 5.41) is 2.95. The average molecular weight is 243 g/mol. The summed E-state index contributed by atoms with van der Waals surface area (Å²) in [7, 11) is 0. The number of halogens is 1. The van der Waals surface area contributed by atoms with Gasteiger partial charge in [0.2, 0.25) is 0 Å². The van der Waals surface area contributed by atoms with Crippen LogP contribution in [-0.4, -0.2) is 16.7 Å². The maximum Gasteiger partial charge on any atom is 0.412 e. The lowest BCUT2D eigenvalue weighted by molar-refractivity contribution is 0.0636. The standard InChI is InChI=1S/C11H15ClN2O2/c1-7-6-13-9(12)5-8(7)14-10(15)16-11(2,3)4/h5-6H,1-4H3,(H,13,14,15). The highest BCUT2D eigenvalue weighted by Gasteiger charge is 2.16. The maximum atomic E-state index is 11.5. The second kappa shape index (κ2) is 4.70. The number of nitrogens with zero attached hydrogens (tertiary/aromatic N) is 1. The van der Waals surface area contributed by atoms with E-state index in [-0.39, 0.29) is 0 Å². The predicted molar refractivity (Wildman–Crippen MR) is 63.8 cm³/mol. The monoisotopic (exact) mass is 242 g/mol. The summed E-state index contributed by atoms with van der Waals surface area (Å²) < 4.78 is 5.12. The number of aryl methyl sites for hydroxylation is 1. The number of aromatic nitrogens is 1. The molecule has 0 atom stereocenters. The molecule has 1 rings (SSSR count). The first-order valence-corrected chi connectivity index (χ1v) is 5.28. The van der Waals surface area contributed by atoms with E-state index in [9.17, 15) is 4.79 Å². The van der Waals surface area contributed by atoms with Crippen LogP contribution in [-0.2, 0) is 4.74 Å². The first kappa shape index (κ1) is 12.8. The second-order valence-electron chi connectivity index (χ2n) is 4.45. The number of nitrogens with one attached hydrogen (secondary N) is 1. The van der Waals surface area contributed by atoms with Gasteiger partial charge in [0.15, 0.2) is 0 Å². The molecule has 1 heterocycles. The van der Waals surface area contributed by atoms with Gasteiger partial charge in [-0.25, -0.2) is 9.78 Å². The van der Waals surface area contributed by atoms with Crippen LogP contribution in [0.5, 0.6) is 0 Å². The molecule has 0 radical (unpaired) electrons. The summed E-state index contributed by atoms with van der Waals surface area (Å²) in [6.07, 6.45) is 1.09. The molecule has 0 saturated carbocycles. The van der Waals surface area contributed by atoms with E-state index >= 15 is 0 Å². The number of hydrogen-bond acceptors (Lipinski definition) is 3. The highest BCUT2D eigenvalue weighted by Crippen LogP contribution is 2.18. The number of pyridine rings is 1. The zero-order valence-electron chi connectivity index (χ0n) is 9.80. The summed E-state index contributed by atoms with van der Waals surface area (Å²) in [6.45, 7) is 7.24. The van der Waals surface area contributed by atoms with Gasteiger partial charge in [-0.15, -0.1) is 0 Å². The van der Waals surface area contributed by atoms with Crippen molar-refractivity contribution in [1.82, 2.24) is 4.98 Å². The van der Waals surface area contributed by atoms with E-state index in [2.05, 4.69) is 10.3 Å². The van der Waals surface area contributed by atoms with Crippen LogP contribution >= 0.6 is 11.6 Å². The number of rotatable bonds is 1. The summed E-state index contributed by atoms with van der Waals surface area (Å²) in [5.41, 5.74) is 0.916. The Morgan fingerprint density at radius 1 is 1.50 bits per heavy atom. The molecule has 0 aromatic carbocycles. The van der Waals surface area contributed by atoms with Gasteiger partial charge in [-0.2, -0.15) is 0 Å². The number of hydrogen-bond donors (Lipinski definition) is 1. The molecule has 16 heavy (non-hydrogen) atoms. The van der Waals surface area contributed by atoms with Gasteiger partial charge in [0.05, 0.1) is 5.69 Å². The van der Waals surface area contributed by atoms with Crippen LogP contribution in [0.25, 0.3) is 0 Å². The third kappa shape index (κ3) is 4.06. The predicted octanol–water partition coefficient (Wildman–Crippen LogP) is 3.39. The summed E-state index contributed by atoms with van der Waals surface area (Å²) >= 11 is 5.73. The molecule has 0 fully saturated rings. The molecule has 1 aromatic heterocycles. The average Bonchev–Trinajstić information content (AvgIpc) is 2.08. The molecule has 0 bridgehead atoms. The van der Waals surface area contributed by atoms with Crippen molar-refractivity contribution in [2.75, 3.05) is 5.32 Å². The molecular formula is C11H15ClN2O2. The Morgan fingerprint density at radius 3 is 2.69 bits per heavy atom. The van der Waals surface area contributed by atoms with E-state index in [0.717, 1.165) is 5.56 Å². The minimum atomic E-state index is -0.519. The SMILES string of the molecule is Cc1cnc(Cl)cc1NC(=O)OC(C)(C)C. The number of carbonyl (C=O) groups is 1. The number of ether oxygens (including phenoxy) is 1. The molecule has 0 unspecified atom stereocenters. The van der Waals surface area contributed by atoms with Gasteiger partial charge in [0.25, 0.3) is 0 Å². The third-order valence-corrected chi connectivity index (χ3v) is 1.91. The normalized spacial score (nSPS) is 11.1. The van der Waals surface area contributed by atoms with E-state index in [0.29, 0.717) is 10.8 Å². The minimum absolute atomic E-state index is 0.330. The summed E-state index contributed by atoms with van der Waals surface area (Å²) in [4.78, 5) is 15.4. The Hall–Kier alpha value is -1.29. The fourth-order valence-corrected chi connectivity index (χ4v) is 1.20. The van der Waals surface area contributed by atoms with Gasteiger partial charge in [-0.1, -0.05) is 11.6 Å². The van der Waals surface area contributed by atoms with Crippen molar-refractivity contribution in [3.8, 4) is 0 Å². The fraction of sp³-hybridized carbons (Fsp3) is 0.455. The molecule has 0 aliphatic rings. The summed E-state index contributed by atoms with van der Waals surface area (Å²) in [6, 6.07) is 1.58. The summed E-state index contributed by atoms with van der Waals surface area (Å²) in [5.74, 6) is 0. The zero-order chi connectivity index (χ0) is 12.3. The lowest BCUT2D eigenvalue weighted by Crippen LogP contribution is -2.27. The molecule has 0 aliphatic heterocycles. The fourth-order valence-electron chi connectivity index (χ4n) is 1.05. The van der Waals surface area contributed by atoms with Crippen LogP contribution in [0.2, 0.25) is 5.15 Å². The van der Waals surface area contributed by atoms with Crippen LogP contribution in [0.1, 0.15) is 26.3 Å². The van der Waals surface area contributed by atoms with Crippen LogP contribution in [0.4, 0.5) is 10.5 Å². The maximum absolute atomic E-state index is 11.5. The van der Waals surface area contributed by atoms with Gasteiger partial charge >= 0.3 is 6.09 Å². The molecule has 0 spiro atoms. The van der Waals surface area contributed by atoms with Gasteiger partial charge in [0.1, 0.15) is 10.8 Å². The molecule has 4 nitrogen and oxygen atoms in total. The molecule has 88 valence electrons. The van der Waals surface area contributed by atoms with E-state index < -0.39 is 11.7 Å². The molecule has 1 amide bonds. The highest BCUT2D eigenvalue weighted by atomic mass is 35.5. The van der Waals surface area contributed by atoms with Crippen molar-refractivity contribution < 1.29 is 9.53 Å². The smallest absolute Gasteiger partial charge is 0.412 e. The molecule has 1 N–H and O–H groups in total. The van der Waals surface area contributed by atoms with E-state index in [1.54, 1.807) is 33.0 Å². The van der Waals surface area contributed by atoms with Gasteiger partial charge in [0, 0.05) is 6.20 Å². The van der Waals surface area contributed by atoms with Crippen LogP contribution in [0.3, 0.4) is 0 Å². The van der Waals surface area contributed by atoms with Crippen molar-refractivity contribution in [1.29, 1.82) is 0 Å². The number of amides is 1. The van der Waals surface area contributed by atoms with Crippen molar-refractivity contribution in [2.45, 2.75) is 33.3 Å². The van der Waals surface area contributed by atoms with E-state index in [1.807, 2.05) is 6.92 Å². The minimum Gasteiger partial charge on any atom is -0.444 e. The highest BCUT2D eigenvalue weighted by molar-refractivity contribution is 6.29. The quantitative estimate of drug-likeness (QED) is 0.768. The zero-order valence-corrected chi connectivity index (χ0v) is 10.6. The van der Waals surface area contributed by atoms with Crippen LogP contribution < -0.4 is 5.32 Å². The Bertz CT molecular complexity index is 399. The van der Waals surface area contributed by atoms with E-state index in [4.69, 9.17) is 16.3 Å². The molecule has 0 saturated heterocycles. The molecule has 5 heteroatoms. The van der Waals surface area contributed by atoms with Gasteiger partial charge in [-0.05, 0) is 39.3 Å².